The summed E-state index contributed by atoms with van der Waals surface area (Å²) in [5, 5.41) is 3.04. The molecule has 1 N–H and O–H groups in total. The number of ketones is 1. The number of fused-ring (bicyclic) bond motifs is 1. The average molecular weight is 332 g/mol. The van der Waals surface area contributed by atoms with E-state index >= 15 is 0 Å². The molecule has 0 fully saturated rings. The molecule has 0 bridgehead atoms. The zero-order valence-corrected chi connectivity index (χ0v) is 13.1. The van der Waals surface area contributed by atoms with Crippen molar-refractivity contribution in [3.8, 4) is 11.5 Å². The minimum absolute atomic E-state index is 0.124. The third-order valence-corrected chi connectivity index (χ3v) is 3.69. The number of ether oxygens (including phenoxy) is 2. The summed E-state index contributed by atoms with van der Waals surface area (Å²) in [7, 11) is 0. The molecule has 1 amide bonds. The number of nitrogens with one attached hydrogen (secondary N) is 1. The number of amides is 1. The normalized spacial score (nSPS) is 12.6. The molecule has 0 spiro atoms. The number of para-hydroxylation sites is 1. The smallest absolute Gasteiger partial charge is 0.255 e. The second kappa shape index (κ2) is 6.30. The van der Waals surface area contributed by atoms with E-state index in [-0.39, 0.29) is 11.7 Å². The minimum atomic E-state index is -0.377. The molecule has 0 aromatic heterocycles. The van der Waals surface area contributed by atoms with E-state index in [1.165, 1.54) is 13.0 Å². The van der Waals surface area contributed by atoms with Gasteiger partial charge in [-0.1, -0.05) is 23.7 Å². The predicted molar refractivity (Wildman–Crippen MR) is 86.8 cm³/mol. The predicted octanol–water partition coefficient (Wildman–Crippen LogP) is 3.57. The van der Waals surface area contributed by atoms with Crippen LogP contribution in [-0.2, 0) is 0 Å². The minimum Gasteiger partial charge on any atom is -0.486 e. The molecule has 6 heteroatoms. The van der Waals surface area contributed by atoms with Gasteiger partial charge < -0.3 is 14.8 Å². The van der Waals surface area contributed by atoms with Gasteiger partial charge in [0.2, 0.25) is 0 Å². The summed E-state index contributed by atoms with van der Waals surface area (Å²) in [5.74, 6) is 0.381. The molecule has 0 saturated heterocycles. The molecule has 1 aliphatic rings. The summed E-state index contributed by atoms with van der Waals surface area (Å²) in [6.45, 7) is 2.28. The Hall–Kier alpha value is -2.53. The highest BCUT2D eigenvalue weighted by Gasteiger charge is 2.20. The lowest BCUT2D eigenvalue weighted by Crippen LogP contribution is -2.18. The molecule has 0 aliphatic carbocycles. The molecule has 0 saturated carbocycles. The van der Waals surface area contributed by atoms with Gasteiger partial charge in [0.15, 0.2) is 17.3 Å². The summed E-state index contributed by atoms with van der Waals surface area (Å²) in [4.78, 5) is 24.1. The van der Waals surface area contributed by atoms with Crippen LogP contribution >= 0.6 is 11.6 Å². The second-order valence-corrected chi connectivity index (χ2v) is 5.45. The lowest BCUT2D eigenvalue weighted by Gasteiger charge is -2.20. The van der Waals surface area contributed by atoms with Gasteiger partial charge in [0, 0.05) is 11.1 Å². The maximum atomic E-state index is 12.4. The average Bonchev–Trinajstić information content (AvgIpc) is 2.55. The molecule has 0 radical (unpaired) electrons. The molecule has 2 aromatic carbocycles. The van der Waals surface area contributed by atoms with Gasteiger partial charge in [-0.25, -0.2) is 0 Å². The lowest BCUT2D eigenvalue weighted by molar-refractivity contribution is 0.101. The van der Waals surface area contributed by atoms with Gasteiger partial charge in [-0.3, -0.25) is 9.59 Å². The topological polar surface area (TPSA) is 64.6 Å². The number of halogens is 1. The fourth-order valence-corrected chi connectivity index (χ4v) is 2.60. The van der Waals surface area contributed by atoms with Gasteiger partial charge in [-0.15, -0.1) is 0 Å². The van der Waals surface area contributed by atoms with Crippen molar-refractivity contribution in [1.82, 2.24) is 0 Å². The number of anilines is 1. The molecule has 0 unspecified atom stereocenters. The van der Waals surface area contributed by atoms with Crippen LogP contribution in [0.3, 0.4) is 0 Å². The quantitative estimate of drug-likeness (QED) is 0.873. The van der Waals surface area contributed by atoms with Crippen molar-refractivity contribution >= 4 is 29.0 Å². The first-order valence-corrected chi connectivity index (χ1v) is 7.44. The van der Waals surface area contributed by atoms with Gasteiger partial charge in [0.05, 0.1) is 10.7 Å². The molecule has 1 aliphatic heterocycles. The summed E-state index contributed by atoms with van der Waals surface area (Å²) in [5.41, 5.74) is 1.23. The van der Waals surface area contributed by atoms with E-state index in [9.17, 15) is 9.59 Å². The van der Waals surface area contributed by atoms with Crippen LogP contribution in [0.15, 0.2) is 36.4 Å². The number of hydrogen-bond acceptors (Lipinski definition) is 4. The fourth-order valence-electron chi connectivity index (χ4n) is 2.34. The lowest BCUT2D eigenvalue weighted by atomic mass is 10.1. The van der Waals surface area contributed by atoms with Crippen LogP contribution in [0.4, 0.5) is 5.69 Å². The van der Waals surface area contributed by atoms with Gasteiger partial charge in [0.1, 0.15) is 13.2 Å². The van der Waals surface area contributed by atoms with Gasteiger partial charge in [-0.2, -0.15) is 0 Å². The van der Waals surface area contributed by atoms with E-state index in [4.69, 9.17) is 21.1 Å². The molecule has 0 atom stereocenters. The van der Waals surface area contributed by atoms with Gasteiger partial charge in [0.25, 0.3) is 5.91 Å². The number of Topliss-reactive ketones (excluding diaryl/α,β-unsaturated/α-hetero) is 1. The van der Waals surface area contributed by atoms with E-state index in [0.29, 0.717) is 46.5 Å². The van der Waals surface area contributed by atoms with Crippen molar-refractivity contribution in [3.63, 3.8) is 0 Å². The second-order valence-electron chi connectivity index (χ2n) is 5.04. The molecular weight excluding hydrogens is 318 g/mol. The van der Waals surface area contributed by atoms with Crippen molar-refractivity contribution in [1.29, 1.82) is 0 Å². The molecular formula is C17H14ClNO4. The number of rotatable bonds is 3. The molecule has 2 aromatic rings. The summed E-state index contributed by atoms with van der Waals surface area (Å²) >= 11 is 6.14. The number of carbonyl (C=O) groups is 2. The van der Waals surface area contributed by atoms with Crippen molar-refractivity contribution in [2.45, 2.75) is 6.92 Å². The van der Waals surface area contributed by atoms with Crippen molar-refractivity contribution in [2.24, 2.45) is 0 Å². The van der Waals surface area contributed by atoms with Crippen LogP contribution in [0.5, 0.6) is 11.5 Å². The highest BCUT2D eigenvalue weighted by atomic mass is 35.5. The van der Waals surface area contributed by atoms with Crippen LogP contribution in [0, 0.1) is 0 Å². The zero-order chi connectivity index (χ0) is 16.4. The maximum Gasteiger partial charge on any atom is 0.255 e. The third-order valence-electron chi connectivity index (χ3n) is 3.41. The number of benzene rings is 2. The molecule has 23 heavy (non-hydrogen) atoms. The highest BCUT2D eigenvalue weighted by Crippen LogP contribution is 2.38. The molecule has 3 rings (SSSR count). The standard InChI is InChI=1S/C17H14ClNO4/c1-10(20)12-4-2-3-5-14(12)19-17(21)11-8-13(18)16-15(9-11)22-6-7-23-16/h2-5,8-9H,6-7H2,1H3,(H,19,21). The Kier molecular flexibility index (Phi) is 4.21. The number of carbonyl (C=O) groups excluding carboxylic acids is 2. The van der Waals surface area contributed by atoms with E-state index in [0.717, 1.165) is 0 Å². The SMILES string of the molecule is CC(=O)c1ccccc1NC(=O)c1cc(Cl)c2c(c1)OCCO2. The molecule has 5 nitrogen and oxygen atoms in total. The van der Waals surface area contributed by atoms with E-state index in [2.05, 4.69) is 5.32 Å². The van der Waals surface area contributed by atoms with Crippen molar-refractivity contribution in [3.05, 3.63) is 52.5 Å². The first-order chi connectivity index (χ1) is 11.1. The van der Waals surface area contributed by atoms with E-state index in [1.54, 1.807) is 30.3 Å². The van der Waals surface area contributed by atoms with Crippen LogP contribution in [0.1, 0.15) is 27.6 Å². The van der Waals surface area contributed by atoms with E-state index in [1.807, 2.05) is 0 Å². The van der Waals surface area contributed by atoms with Crippen LogP contribution in [0.2, 0.25) is 5.02 Å². The molecule has 1 heterocycles. The van der Waals surface area contributed by atoms with Crippen LogP contribution in [-0.4, -0.2) is 24.9 Å². The largest absolute Gasteiger partial charge is 0.486 e. The Bertz CT molecular complexity index is 788. The van der Waals surface area contributed by atoms with Crippen molar-refractivity contribution in [2.75, 3.05) is 18.5 Å². The Morgan fingerprint density at radius 1 is 1.13 bits per heavy atom. The van der Waals surface area contributed by atoms with Gasteiger partial charge in [-0.05, 0) is 31.2 Å². The first-order valence-electron chi connectivity index (χ1n) is 7.06. The fraction of sp³-hybridized carbons (Fsp3) is 0.176. The monoisotopic (exact) mass is 331 g/mol. The first kappa shape index (κ1) is 15.4. The Morgan fingerprint density at radius 2 is 1.87 bits per heavy atom. The third kappa shape index (κ3) is 3.14. The van der Waals surface area contributed by atoms with Crippen LogP contribution in [0.25, 0.3) is 0 Å². The summed E-state index contributed by atoms with van der Waals surface area (Å²) in [6, 6.07) is 9.92. The Labute approximate surface area is 138 Å². The molecule has 118 valence electrons. The summed E-state index contributed by atoms with van der Waals surface area (Å²) in [6.07, 6.45) is 0. The Balaban J connectivity index is 1.90. The number of hydrogen-bond donors (Lipinski definition) is 1. The Morgan fingerprint density at radius 3 is 2.65 bits per heavy atom. The highest BCUT2D eigenvalue weighted by molar-refractivity contribution is 6.32. The maximum absolute atomic E-state index is 12.4. The van der Waals surface area contributed by atoms with Gasteiger partial charge >= 0.3 is 0 Å². The van der Waals surface area contributed by atoms with Crippen LogP contribution < -0.4 is 14.8 Å². The zero-order valence-electron chi connectivity index (χ0n) is 12.4. The van der Waals surface area contributed by atoms with E-state index < -0.39 is 0 Å². The summed E-state index contributed by atoms with van der Waals surface area (Å²) < 4.78 is 10.9. The van der Waals surface area contributed by atoms with Crippen molar-refractivity contribution < 1.29 is 19.1 Å².